The van der Waals surface area contributed by atoms with Gasteiger partial charge in [0.15, 0.2) is 0 Å². The maximum absolute atomic E-state index is 11.7. The zero-order valence-corrected chi connectivity index (χ0v) is 13.0. The number of hydrogen-bond acceptors (Lipinski definition) is 3. The van der Waals surface area contributed by atoms with Gasteiger partial charge >= 0.3 is 5.97 Å². The topological polar surface area (TPSA) is 75.6 Å². The standard InChI is InChI=1S/C16H23NO4/c1-10(2)15(16(19)20)17-14(18)8-9-21-13-7-5-6-11(3)12(13)4/h5-7,10,15H,8-9H2,1-4H3,(H,17,18)(H,19,20). The fourth-order valence-corrected chi connectivity index (χ4v) is 1.89. The van der Waals surface area contributed by atoms with Crippen LogP contribution in [0, 0.1) is 19.8 Å². The zero-order valence-electron chi connectivity index (χ0n) is 13.0. The number of amides is 1. The van der Waals surface area contributed by atoms with Crippen molar-refractivity contribution in [1.29, 1.82) is 0 Å². The SMILES string of the molecule is Cc1cccc(OCCC(=O)NC(C(=O)O)C(C)C)c1C. The minimum atomic E-state index is -1.02. The van der Waals surface area contributed by atoms with E-state index in [0.717, 1.165) is 16.9 Å². The van der Waals surface area contributed by atoms with E-state index < -0.39 is 12.0 Å². The molecule has 0 saturated carbocycles. The van der Waals surface area contributed by atoms with Gasteiger partial charge in [0.25, 0.3) is 0 Å². The van der Waals surface area contributed by atoms with Gasteiger partial charge in [-0.25, -0.2) is 4.79 Å². The Morgan fingerprint density at radius 2 is 1.95 bits per heavy atom. The second-order valence-corrected chi connectivity index (χ2v) is 5.42. The average molecular weight is 293 g/mol. The molecule has 0 aliphatic heterocycles. The lowest BCUT2D eigenvalue weighted by atomic mass is 10.0. The van der Waals surface area contributed by atoms with Crippen molar-refractivity contribution >= 4 is 11.9 Å². The van der Waals surface area contributed by atoms with Gasteiger partial charge in [-0.1, -0.05) is 26.0 Å². The van der Waals surface area contributed by atoms with Crippen LogP contribution in [0.3, 0.4) is 0 Å². The smallest absolute Gasteiger partial charge is 0.326 e. The van der Waals surface area contributed by atoms with E-state index in [4.69, 9.17) is 9.84 Å². The maximum Gasteiger partial charge on any atom is 0.326 e. The number of carboxylic acids is 1. The predicted octanol–water partition coefficient (Wildman–Crippen LogP) is 2.30. The molecule has 1 rings (SSSR count). The highest BCUT2D eigenvalue weighted by atomic mass is 16.5. The Bertz CT molecular complexity index is 511. The van der Waals surface area contributed by atoms with E-state index in [9.17, 15) is 9.59 Å². The third-order valence-electron chi connectivity index (χ3n) is 3.39. The largest absolute Gasteiger partial charge is 0.493 e. The molecule has 0 aromatic heterocycles. The molecule has 0 heterocycles. The Kier molecular flexibility index (Phi) is 6.21. The second kappa shape index (κ2) is 7.67. The molecule has 0 aliphatic carbocycles. The van der Waals surface area contributed by atoms with E-state index in [1.807, 2.05) is 32.0 Å². The van der Waals surface area contributed by atoms with Crippen LogP contribution in [0.15, 0.2) is 18.2 Å². The third kappa shape index (κ3) is 5.10. The number of carbonyl (C=O) groups excluding carboxylic acids is 1. The average Bonchev–Trinajstić information content (AvgIpc) is 2.40. The number of aryl methyl sites for hydroxylation is 1. The Morgan fingerprint density at radius 1 is 1.29 bits per heavy atom. The summed E-state index contributed by atoms with van der Waals surface area (Å²) in [7, 11) is 0. The van der Waals surface area contributed by atoms with Gasteiger partial charge in [-0.15, -0.1) is 0 Å². The van der Waals surface area contributed by atoms with Gasteiger partial charge in [-0.3, -0.25) is 4.79 Å². The number of benzene rings is 1. The Balaban J connectivity index is 2.47. The van der Waals surface area contributed by atoms with Crippen molar-refractivity contribution in [2.75, 3.05) is 6.61 Å². The fraction of sp³-hybridized carbons (Fsp3) is 0.500. The molecule has 0 bridgehead atoms. The van der Waals surface area contributed by atoms with Crippen LogP contribution in [0.1, 0.15) is 31.4 Å². The number of rotatable bonds is 7. The van der Waals surface area contributed by atoms with Crippen molar-refractivity contribution < 1.29 is 19.4 Å². The van der Waals surface area contributed by atoms with E-state index in [1.165, 1.54) is 0 Å². The maximum atomic E-state index is 11.7. The number of carbonyl (C=O) groups is 2. The van der Waals surface area contributed by atoms with Gasteiger partial charge in [-0.05, 0) is 37.0 Å². The van der Waals surface area contributed by atoms with Crippen LogP contribution in [0.2, 0.25) is 0 Å². The number of aliphatic carboxylic acids is 1. The summed E-state index contributed by atoms with van der Waals surface area (Å²) in [5.74, 6) is -0.747. The van der Waals surface area contributed by atoms with Crippen LogP contribution >= 0.6 is 0 Å². The summed E-state index contributed by atoms with van der Waals surface area (Å²) in [5, 5.41) is 11.5. The minimum absolute atomic E-state index is 0.129. The highest BCUT2D eigenvalue weighted by Crippen LogP contribution is 2.20. The van der Waals surface area contributed by atoms with Gasteiger partial charge in [0.05, 0.1) is 13.0 Å². The van der Waals surface area contributed by atoms with Crippen molar-refractivity contribution in [2.45, 2.75) is 40.2 Å². The molecule has 0 radical (unpaired) electrons. The second-order valence-electron chi connectivity index (χ2n) is 5.42. The van der Waals surface area contributed by atoms with Crippen molar-refractivity contribution in [3.8, 4) is 5.75 Å². The van der Waals surface area contributed by atoms with Crippen LogP contribution in [-0.2, 0) is 9.59 Å². The molecule has 0 saturated heterocycles. The van der Waals surface area contributed by atoms with Crippen molar-refractivity contribution in [3.63, 3.8) is 0 Å². The Labute approximate surface area is 125 Å². The predicted molar refractivity (Wildman–Crippen MR) is 80.4 cm³/mol. The minimum Gasteiger partial charge on any atom is -0.493 e. The van der Waals surface area contributed by atoms with Crippen molar-refractivity contribution in [1.82, 2.24) is 5.32 Å². The third-order valence-corrected chi connectivity index (χ3v) is 3.39. The molecule has 21 heavy (non-hydrogen) atoms. The zero-order chi connectivity index (χ0) is 16.0. The van der Waals surface area contributed by atoms with Crippen molar-refractivity contribution in [3.05, 3.63) is 29.3 Å². The first-order valence-electron chi connectivity index (χ1n) is 7.04. The molecule has 1 aromatic rings. The molecule has 1 amide bonds. The van der Waals surface area contributed by atoms with E-state index >= 15 is 0 Å². The molecule has 2 N–H and O–H groups in total. The lowest BCUT2D eigenvalue weighted by Gasteiger charge is -2.18. The van der Waals surface area contributed by atoms with Crippen LogP contribution in [0.25, 0.3) is 0 Å². The summed E-state index contributed by atoms with van der Waals surface area (Å²) < 4.78 is 5.58. The number of carboxylic acid groups (broad SMARTS) is 1. The summed E-state index contributed by atoms with van der Waals surface area (Å²) >= 11 is 0. The van der Waals surface area contributed by atoms with E-state index in [1.54, 1.807) is 13.8 Å². The lowest BCUT2D eigenvalue weighted by molar-refractivity contribution is -0.143. The molecule has 1 atom stereocenters. The van der Waals surface area contributed by atoms with Crippen LogP contribution in [0.5, 0.6) is 5.75 Å². The van der Waals surface area contributed by atoms with Crippen LogP contribution in [-0.4, -0.2) is 29.6 Å². The van der Waals surface area contributed by atoms with Crippen LogP contribution < -0.4 is 10.1 Å². The summed E-state index contributed by atoms with van der Waals surface area (Å²) in [6, 6.07) is 4.89. The first kappa shape index (κ1) is 17.0. The first-order chi connectivity index (χ1) is 9.82. The Hall–Kier alpha value is -2.04. The summed E-state index contributed by atoms with van der Waals surface area (Å²) in [6.07, 6.45) is 0.129. The molecular weight excluding hydrogens is 270 g/mol. The molecule has 0 aliphatic rings. The highest BCUT2D eigenvalue weighted by molar-refractivity contribution is 5.83. The summed E-state index contributed by atoms with van der Waals surface area (Å²) in [4.78, 5) is 22.8. The molecular formula is C16H23NO4. The van der Waals surface area contributed by atoms with Gasteiger partial charge < -0.3 is 15.2 Å². The molecule has 1 aromatic carbocycles. The normalized spacial score (nSPS) is 12.0. The molecule has 0 spiro atoms. The quantitative estimate of drug-likeness (QED) is 0.809. The number of nitrogens with one attached hydrogen (secondary N) is 1. The van der Waals surface area contributed by atoms with Gasteiger partial charge in [0.2, 0.25) is 5.91 Å². The summed E-state index contributed by atoms with van der Waals surface area (Å²) in [6.45, 7) is 7.69. The molecule has 5 nitrogen and oxygen atoms in total. The molecule has 1 unspecified atom stereocenters. The number of hydrogen-bond donors (Lipinski definition) is 2. The van der Waals surface area contributed by atoms with Crippen molar-refractivity contribution in [2.24, 2.45) is 5.92 Å². The van der Waals surface area contributed by atoms with E-state index in [0.29, 0.717) is 0 Å². The van der Waals surface area contributed by atoms with E-state index in [-0.39, 0.29) is 24.9 Å². The number of ether oxygens (including phenoxy) is 1. The molecule has 0 fully saturated rings. The van der Waals surface area contributed by atoms with Crippen LogP contribution in [0.4, 0.5) is 0 Å². The van der Waals surface area contributed by atoms with Gasteiger partial charge in [0, 0.05) is 0 Å². The molecule has 116 valence electrons. The first-order valence-corrected chi connectivity index (χ1v) is 7.04. The summed E-state index contributed by atoms with van der Waals surface area (Å²) in [5.41, 5.74) is 2.17. The lowest BCUT2D eigenvalue weighted by Crippen LogP contribution is -2.44. The van der Waals surface area contributed by atoms with Gasteiger partial charge in [0.1, 0.15) is 11.8 Å². The highest BCUT2D eigenvalue weighted by Gasteiger charge is 2.23. The fourth-order valence-electron chi connectivity index (χ4n) is 1.89. The Morgan fingerprint density at radius 3 is 2.52 bits per heavy atom. The van der Waals surface area contributed by atoms with Gasteiger partial charge in [-0.2, -0.15) is 0 Å². The molecule has 5 heteroatoms. The van der Waals surface area contributed by atoms with E-state index in [2.05, 4.69) is 5.32 Å². The monoisotopic (exact) mass is 293 g/mol.